The third kappa shape index (κ3) is 3.83. The van der Waals surface area contributed by atoms with Crippen LogP contribution >= 0.6 is 27.5 Å². The number of hydrogen-bond acceptors (Lipinski definition) is 3. The van der Waals surface area contributed by atoms with Gasteiger partial charge in [0.15, 0.2) is 0 Å². The number of hydrogen-bond donors (Lipinski definition) is 1. The fourth-order valence-electron chi connectivity index (χ4n) is 1.99. The maximum absolute atomic E-state index is 13.9. The first kappa shape index (κ1) is 16.4. The van der Waals surface area contributed by atoms with Crippen molar-refractivity contribution in [2.45, 2.75) is 12.6 Å². The van der Waals surface area contributed by atoms with E-state index in [4.69, 9.17) is 11.6 Å². The zero-order valence-corrected chi connectivity index (χ0v) is 14.1. The lowest BCUT2D eigenvalue weighted by molar-refractivity contribution is 0.200. The van der Waals surface area contributed by atoms with Crippen molar-refractivity contribution in [3.8, 4) is 0 Å². The van der Waals surface area contributed by atoms with E-state index in [9.17, 15) is 9.50 Å². The lowest BCUT2D eigenvalue weighted by Gasteiger charge is -2.17. The maximum Gasteiger partial charge on any atom is 0.129 e. The first-order valence-electron chi connectivity index (χ1n) is 6.39. The average Bonchev–Trinajstić information content (AvgIpc) is 2.79. The minimum absolute atomic E-state index is 0.134. The molecular weight excluding hydrogens is 361 g/mol. The second kappa shape index (κ2) is 6.87. The van der Waals surface area contributed by atoms with Gasteiger partial charge in [0.2, 0.25) is 0 Å². The molecule has 114 valence electrons. The van der Waals surface area contributed by atoms with E-state index in [0.717, 1.165) is 6.54 Å². The SMILES string of the molecule is CN(C)CCn1ncc(Br)c1C(O)c1cc(Cl)ccc1F. The Labute approximate surface area is 136 Å². The summed E-state index contributed by atoms with van der Waals surface area (Å²) >= 11 is 9.24. The average molecular weight is 377 g/mol. The van der Waals surface area contributed by atoms with Gasteiger partial charge in [-0.05, 0) is 48.2 Å². The molecule has 2 rings (SSSR count). The topological polar surface area (TPSA) is 41.3 Å². The highest BCUT2D eigenvalue weighted by molar-refractivity contribution is 9.10. The Balaban J connectivity index is 2.36. The Bertz CT molecular complexity index is 633. The van der Waals surface area contributed by atoms with E-state index < -0.39 is 11.9 Å². The number of halogens is 3. The number of benzene rings is 1. The van der Waals surface area contributed by atoms with Gasteiger partial charge < -0.3 is 10.0 Å². The molecule has 0 spiro atoms. The van der Waals surface area contributed by atoms with Crippen molar-refractivity contribution >= 4 is 27.5 Å². The summed E-state index contributed by atoms with van der Waals surface area (Å²) in [5, 5.41) is 15.1. The summed E-state index contributed by atoms with van der Waals surface area (Å²) in [4.78, 5) is 2.01. The van der Waals surface area contributed by atoms with Gasteiger partial charge in [-0.25, -0.2) is 4.39 Å². The van der Waals surface area contributed by atoms with Gasteiger partial charge in [0.05, 0.1) is 22.9 Å². The Morgan fingerprint density at radius 1 is 1.48 bits per heavy atom. The number of nitrogens with zero attached hydrogens (tertiary/aromatic N) is 3. The van der Waals surface area contributed by atoms with Crippen molar-refractivity contribution in [1.29, 1.82) is 0 Å². The monoisotopic (exact) mass is 375 g/mol. The van der Waals surface area contributed by atoms with Gasteiger partial charge in [-0.1, -0.05) is 11.6 Å². The first-order chi connectivity index (χ1) is 9.90. The van der Waals surface area contributed by atoms with Crippen LogP contribution in [0.25, 0.3) is 0 Å². The van der Waals surface area contributed by atoms with Gasteiger partial charge in [0.25, 0.3) is 0 Å². The van der Waals surface area contributed by atoms with Gasteiger partial charge in [-0.3, -0.25) is 4.68 Å². The highest BCUT2D eigenvalue weighted by Gasteiger charge is 2.22. The van der Waals surface area contributed by atoms with E-state index in [2.05, 4.69) is 21.0 Å². The summed E-state index contributed by atoms with van der Waals surface area (Å²) < 4.78 is 16.2. The molecule has 0 radical (unpaired) electrons. The molecule has 2 aromatic rings. The summed E-state index contributed by atoms with van der Waals surface area (Å²) in [5.41, 5.74) is 0.646. The molecule has 1 atom stereocenters. The van der Waals surface area contributed by atoms with Crippen LogP contribution in [0.5, 0.6) is 0 Å². The number of aliphatic hydroxyl groups excluding tert-OH is 1. The molecule has 21 heavy (non-hydrogen) atoms. The number of aliphatic hydroxyl groups is 1. The van der Waals surface area contributed by atoms with Gasteiger partial charge >= 0.3 is 0 Å². The van der Waals surface area contributed by atoms with Gasteiger partial charge in [-0.15, -0.1) is 0 Å². The van der Waals surface area contributed by atoms with Crippen LogP contribution in [0.4, 0.5) is 4.39 Å². The number of aromatic nitrogens is 2. The van der Waals surface area contributed by atoms with Crippen molar-refractivity contribution in [3.63, 3.8) is 0 Å². The zero-order chi connectivity index (χ0) is 15.6. The van der Waals surface area contributed by atoms with Gasteiger partial charge in [0.1, 0.15) is 11.9 Å². The molecule has 4 nitrogen and oxygen atoms in total. The van der Waals surface area contributed by atoms with Gasteiger partial charge in [-0.2, -0.15) is 5.10 Å². The highest BCUT2D eigenvalue weighted by Crippen LogP contribution is 2.31. The number of rotatable bonds is 5. The summed E-state index contributed by atoms with van der Waals surface area (Å²) in [7, 11) is 3.90. The standard InChI is InChI=1S/C14H16BrClFN3O/c1-19(2)5-6-20-13(11(15)8-18-20)14(21)10-7-9(16)3-4-12(10)17/h3-4,7-8,14,21H,5-6H2,1-2H3. The highest BCUT2D eigenvalue weighted by atomic mass is 79.9. The van der Waals surface area contributed by atoms with Crippen LogP contribution in [0.15, 0.2) is 28.9 Å². The molecule has 1 aromatic heterocycles. The molecule has 0 aliphatic carbocycles. The fraction of sp³-hybridized carbons (Fsp3) is 0.357. The van der Waals surface area contributed by atoms with Crippen LogP contribution in [0.1, 0.15) is 17.4 Å². The Morgan fingerprint density at radius 2 is 2.19 bits per heavy atom. The summed E-state index contributed by atoms with van der Waals surface area (Å²) in [6.45, 7) is 1.35. The molecule has 1 aromatic carbocycles. The van der Waals surface area contributed by atoms with E-state index in [1.807, 2.05) is 19.0 Å². The molecule has 0 aliphatic rings. The molecule has 0 bridgehead atoms. The molecule has 0 saturated heterocycles. The van der Waals surface area contributed by atoms with E-state index in [-0.39, 0.29) is 5.56 Å². The first-order valence-corrected chi connectivity index (χ1v) is 7.56. The number of likely N-dealkylation sites (N-methyl/N-ethyl adjacent to an activating group) is 1. The summed E-state index contributed by atoms with van der Waals surface area (Å²) in [6, 6.07) is 4.12. The summed E-state index contributed by atoms with van der Waals surface area (Å²) in [6.07, 6.45) is 0.458. The normalized spacial score (nSPS) is 12.9. The largest absolute Gasteiger partial charge is 0.382 e. The van der Waals surface area contributed by atoms with Crippen LogP contribution in [0.3, 0.4) is 0 Å². The zero-order valence-electron chi connectivity index (χ0n) is 11.7. The second-order valence-corrected chi connectivity index (χ2v) is 6.26. The smallest absolute Gasteiger partial charge is 0.129 e. The second-order valence-electron chi connectivity index (χ2n) is 4.97. The van der Waals surface area contributed by atoms with Crippen molar-refractivity contribution in [2.24, 2.45) is 0 Å². The van der Waals surface area contributed by atoms with Gasteiger partial charge in [0, 0.05) is 17.1 Å². The van der Waals surface area contributed by atoms with E-state index in [0.29, 0.717) is 21.7 Å². The predicted octanol–water partition coefficient (Wildman–Crippen LogP) is 3.08. The van der Waals surface area contributed by atoms with Crippen molar-refractivity contribution in [3.05, 3.63) is 51.0 Å². The van der Waals surface area contributed by atoms with Crippen molar-refractivity contribution < 1.29 is 9.50 Å². The predicted molar refractivity (Wildman–Crippen MR) is 84.0 cm³/mol. The van der Waals surface area contributed by atoms with E-state index in [1.165, 1.54) is 18.2 Å². The summed E-state index contributed by atoms with van der Waals surface area (Å²) in [5.74, 6) is -0.501. The fourth-order valence-corrected chi connectivity index (χ4v) is 2.68. The minimum Gasteiger partial charge on any atom is -0.382 e. The van der Waals surface area contributed by atoms with Crippen LogP contribution in [0.2, 0.25) is 5.02 Å². The van der Waals surface area contributed by atoms with E-state index >= 15 is 0 Å². The molecule has 0 fully saturated rings. The molecule has 7 heteroatoms. The molecule has 0 aliphatic heterocycles. The molecule has 0 saturated carbocycles. The quantitative estimate of drug-likeness (QED) is 0.872. The van der Waals surface area contributed by atoms with E-state index in [1.54, 1.807) is 10.9 Å². The molecule has 1 unspecified atom stereocenters. The maximum atomic E-state index is 13.9. The lowest BCUT2D eigenvalue weighted by Crippen LogP contribution is -2.21. The lowest BCUT2D eigenvalue weighted by atomic mass is 10.1. The van der Waals surface area contributed by atoms with Crippen LogP contribution in [0, 0.1) is 5.82 Å². The molecule has 1 heterocycles. The van der Waals surface area contributed by atoms with Crippen LogP contribution in [-0.2, 0) is 6.54 Å². The van der Waals surface area contributed by atoms with Crippen molar-refractivity contribution in [1.82, 2.24) is 14.7 Å². The molecular formula is C14H16BrClFN3O. The minimum atomic E-state index is -1.14. The van der Waals surface area contributed by atoms with Crippen LogP contribution in [-0.4, -0.2) is 40.4 Å². The Morgan fingerprint density at radius 3 is 2.86 bits per heavy atom. The van der Waals surface area contributed by atoms with Crippen molar-refractivity contribution in [2.75, 3.05) is 20.6 Å². The molecule has 1 N–H and O–H groups in total. The Kier molecular flexibility index (Phi) is 5.37. The molecule has 0 amide bonds. The Hall–Kier alpha value is -0.950. The van der Waals surface area contributed by atoms with Crippen LogP contribution < -0.4 is 0 Å². The third-order valence-corrected chi connectivity index (χ3v) is 3.95. The third-order valence-electron chi connectivity index (χ3n) is 3.10.